The molecule has 0 aliphatic rings. The van der Waals surface area contributed by atoms with E-state index < -0.39 is 8.32 Å². The van der Waals surface area contributed by atoms with Crippen molar-refractivity contribution in [3.63, 3.8) is 0 Å². The lowest BCUT2D eigenvalue weighted by molar-refractivity contribution is 0.278. The number of nitrogens with zero attached hydrogens (tertiary/aromatic N) is 2. The van der Waals surface area contributed by atoms with Crippen LogP contribution in [0.5, 0.6) is 0 Å². The summed E-state index contributed by atoms with van der Waals surface area (Å²) in [6.45, 7) is 10.7. The second-order valence-electron chi connectivity index (χ2n) is 4.98. The molecule has 0 atom stereocenters. The summed E-state index contributed by atoms with van der Waals surface area (Å²) in [6, 6.07) is 3.17. The molecule has 0 saturated carbocycles. The monoisotopic (exact) mass is 226 g/mol. The lowest BCUT2D eigenvalue weighted by Gasteiger charge is -2.24. The Morgan fingerprint density at radius 2 is 2.13 bits per heavy atom. The van der Waals surface area contributed by atoms with Crippen molar-refractivity contribution in [3.8, 4) is 0 Å². The minimum atomic E-state index is -1.44. The zero-order valence-electron chi connectivity index (χ0n) is 10.2. The molecular weight excluding hydrogens is 204 g/mol. The van der Waals surface area contributed by atoms with Gasteiger partial charge in [-0.25, -0.2) is 0 Å². The second kappa shape index (κ2) is 5.46. The minimum Gasteiger partial charge on any atom is -0.415 e. The molecule has 1 aromatic heterocycles. The Hall–Kier alpha value is -0.613. The van der Waals surface area contributed by atoms with Gasteiger partial charge in [0.05, 0.1) is 13.2 Å². The van der Waals surface area contributed by atoms with Gasteiger partial charge < -0.3 is 4.43 Å². The number of hydrogen-bond acceptors (Lipinski definition) is 2. The van der Waals surface area contributed by atoms with E-state index in [0.29, 0.717) is 0 Å². The largest absolute Gasteiger partial charge is 0.415 e. The smallest absolute Gasteiger partial charge is 0.187 e. The maximum atomic E-state index is 5.99. The van der Waals surface area contributed by atoms with E-state index in [2.05, 4.69) is 32.0 Å². The summed E-state index contributed by atoms with van der Waals surface area (Å²) in [5, 5.41) is 4.15. The second-order valence-corrected chi connectivity index (χ2v) is 9.19. The summed E-state index contributed by atoms with van der Waals surface area (Å²) in [7, 11) is -1.44. The topological polar surface area (TPSA) is 27.1 Å². The van der Waals surface area contributed by atoms with Crippen molar-refractivity contribution < 1.29 is 4.43 Å². The minimum absolute atomic E-state index is 0.733. The van der Waals surface area contributed by atoms with Gasteiger partial charge in [-0.05, 0) is 31.1 Å². The van der Waals surface area contributed by atoms with Crippen LogP contribution in [0.3, 0.4) is 0 Å². The maximum Gasteiger partial charge on any atom is 0.187 e. The average Bonchev–Trinajstić information content (AvgIpc) is 2.53. The normalized spacial score (nSPS) is 12.3. The summed E-state index contributed by atoms with van der Waals surface area (Å²) < 4.78 is 7.91. The van der Waals surface area contributed by atoms with Crippen molar-refractivity contribution in [1.82, 2.24) is 9.78 Å². The van der Waals surface area contributed by atoms with Crippen molar-refractivity contribution >= 4 is 8.32 Å². The van der Waals surface area contributed by atoms with E-state index >= 15 is 0 Å². The molecule has 0 aliphatic heterocycles. The SMILES string of the molecule is CC(C)C[Si](C)(C)OCCn1cccn1. The lowest BCUT2D eigenvalue weighted by Crippen LogP contribution is -2.33. The van der Waals surface area contributed by atoms with Gasteiger partial charge in [0.15, 0.2) is 8.32 Å². The van der Waals surface area contributed by atoms with Gasteiger partial charge in [0.25, 0.3) is 0 Å². The van der Waals surface area contributed by atoms with Gasteiger partial charge in [-0.2, -0.15) is 5.10 Å². The summed E-state index contributed by atoms with van der Waals surface area (Å²) in [6.07, 6.45) is 3.77. The van der Waals surface area contributed by atoms with Gasteiger partial charge in [-0.3, -0.25) is 4.68 Å². The highest BCUT2D eigenvalue weighted by Gasteiger charge is 2.23. The fraction of sp³-hybridized carbons (Fsp3) is 0.727. The Bertz CT molecular complexity index is 270. The first-order valence-corrected chi connectivity index (χ1v) is 8.72. The molecule has 4 heteroatoms. The first-order chi connectivity index (χ1) is 6.99. The van der Waals surface area contributed by atoms with Gasteiger partial charge >= 0.3 is 0 Å². The first kappa shape index (κ1) is 12.5. The fourth-order valence-corrected chi connectivity index (χ4v) is 4.62. The third kappa shape index (κ3) is 5.13. The van der Waals surface area contributed by atoms with Crippen LogP contribution in [0, 0.1) is 5.92 Å². The van der Waals surface area contributed by atoms with Crippen molar-refractivity contribution in [1.29, 1.82) is 0 Å². The molecule has 0 bridgehead atoms. The number of aromatic nitrogens is 2. The maximum absolute atomic E-state index is 5.99. The molecular formula is C11H22N2OSi. The zero-order valence-corrected chi connectivity index (χ0v) is 11.2. The Balaban J connectivity index is 2.24. The molecule has 15 heavy (non-hydrogen) atoms. The number of hydrogen-bond donors (Lipinski definition) is 0. The van der Waals surface area contributed by atoms with Crippen molar-refractivity contribution in [2.75, 3.05) is 6.61 Å². The van der Waals surface area contributed by atoms with Crippen LogP contribution in [0.2, 0.25) is 19.1 Å². The predicted octanol–water partition coefficient (Wildman–Crippen LogP) is 2.76. The Labute approximate surface area is 93.6 Å². The molecule has 0 fully saturated rings. The number of rotatable bonds is 6. The first-order valence-electron chi connectivity index (χ1n) is 5.61. The van der Waals surface area contributed by atoms with E-state index in [4.69, 9.17) is 4.43 Å². The average molecular weight is 226 g/mol. The van der Waals surface area contributed by atoms with E-state index in [1.54, 1.807) is 6.20 Å². The molecule has 0 saturated heterocycles. The summed E-state index contributed by atoms with van der Waals surface area (Å²) in [5.41, 5.74) is 0. The molecule has 0 aliphatic carbocycles. The van der Waals surface area contributed by atoms with E-state index in [1.807, 2.05) is 16.9 Å². The highest BCUT2D eigenvalue weighted by atomic mass is 28.4. The van der Waals surface area contributed by atoms with Crippen molar-refractivity contribution in [2.45, 2.75) is 39.5 Å². The Kier molecular flexibility index (Phi) is 4.54. The third-order valence-corrected chi connectivity index (χ3v) is 5.06. The molecule has 0 aromatic carbocycles. The Morgan fingerprint density at radius 3 is 2.67 bits per heavy atom. The van der Waals surface area contributed by atoms with Gasteiger partial charge in [0, 0.05) is 12.4 Å². The van der Waals surface area contributed by atoms with Gasteiger partial charge in [0.2, 0.25) is 0 Å². The van der Waals surface area contributed by atoms with E-state index in [-0.39, 0.29) is 0 Å². The molecule has 0 radical (unpaired) electrons. The summed E-state index contributed by atoms with van der Waals surface area (Å²) in [4.78, 5) is 0. The van der Waals surface area contributed by atoms with Crippen LogP contribution in [0.25, 0.3) is 0 Å². The van der Waals surface area contributed by atoms with Crippen LogP contribution in [0.4, 0.5) is 0 Å². The molecule has 3 nitrogen and oxygen atoms in total. The summed E-state index contributed by atoms with van der Waals surface area (Å²) >= 11 is 0. The summed E-state index contributed by atoms with van der Waals surface area (Å²) in [5.74, 6) is 0.733. The quantitative estimate of drug-likeness (QED) is 0.697. The molecule has 0 spiro atoms. The van der Waals surface area contributed by atoms with Crippen LogP contribution >= 0.6 is 0 Å². The molecule has 0 amide bonds. The molecule has 1 aromatic rings. The van der Waals surface area contributed by atoms with Crippen molar-refractivity contribution in [3.05, 3.63) is 18.5 Å². The van der Waals surface area contributed by atoms with Crippen LogP contribution in [-0.4, -0.2) is 24.7 Å². The van der Waals surface area contributed by atoms with Crippen LogP contribution in [0.1, 0.15) is 13.8 Å². The van der Waals surface area contributed by atoms with Crippen LogP contribution in [-0.2, 0) is 11.0 Å². The molecule has 0 N–H and O–H groups in total. The van der Waals surface area contributed by atoms with Gasteiger partial charge in [-0.1, -0.05) is 13.8 Å². The Morgan fingerprint density at radius 1 is 1.40 bits per heavy atom. The van der Waals surface area contributed by atoms with E-state index in [0.717, 1.165) is 19.1 Å². The van der Waals surface area contributed by atoms with Crippen LogP contribution in [0.15, 0.2) is 18.5 Å². The standard InChI is InChI=1S/C11H22N2OSi/c1-11(2)10-15(3,4)14-9-8-13-7-5-6-12-13/h5-7,11H,8-10H2,1-4H3. The molecule has 86 valence electrons. The molecule has 1 heterocycles. The third-order valence-electron chi connectivity index (χ3n) is 2.27. The molecule has 0 unspecified atom stereocenters. The molecule has 1 rings (SSSR count). The zero-order chi connectivity index (χ0) is 11.3. The van der Waals surface area contributed by atoms with E-state index in [1.165, 1.54) is 6.04 Å². The predicted molar refractivity (Wildman–Crippen MR) is 65.3 cm³/mol. The van der Waals surface area contributed by atoms with Crippen LogP contribution < -0.4 is 0 Å². The fourth-order valence-electron chi connectivity index (χ4n) is 1.89. The highest BCUT2D eigenvalue weighted by Crippen LogP contribution is 2.17. The van der Waals surface area contributed by atoms with Gasteiger partial charge in [-0.15, -0.1) is 0 Å². The van der Waals surface area contributed by atoms with E-state index in [9.17, 15) is 0 Å². The lowest BCUT2D eigenvalue weighted by atomic mass is 10.3. The van der Waals surface area contributed by atoms with Gasteiger partial charge in [0.1, 0.15) is 0 Å². The highest BCUT2D eigenvalue weighted by molar-refractivity contribution is 6.71. The van der Waals surface area contributed by atoms with Crippen molar-refractivity contribution in [2.24, 2.45) is 5.92 Å².